The lowest BCUT2D eigenvalue weighted by molar-refractivity contribution is -0.126. The van der Waals surface area contributed by atoms with E-state index in [0.717, 1.165) is 32.4 Å². The van der Waals surface area contributed by atoms with Crippen LogP contribution in [0.2, 0.25) is 0 Å². The van der Waals surface area contributed by atoms with Gasteiger partial charge in [0.25, 0.3) is 0 Å². The van der Waals surface area contributed by atoms with Crippen molar-refractivity contribution in [1.29, 1.82) is 0 Å². The van der Waals surface area contributed by atoms with E-state index in [0.29, 0.717) is 23.9 Å². The van der Waals surface area contributed by atoms with Gasteiger partial charge in [0.05, 0.1) is 0 Å². The highest BCUT2D eigenvalue weighted by molar-refractivity contribution is 5.78. The second-order valence-corrected chi connectivity index (χ2v) is 8.06. The summed E-state index contributed by atoms with van der Waals surface area (Å²) in [6, 6.07) is 1.24. The summed E-state index contributed by atoms with van der Waals surface area (Å²) in [5, 5.41) is 10.2. The lowest BCUT2D eigenvalue weighted by Gasteiger charge is -2.32. The molecule has 0 aromatic rings. The molecule has 2 rings (SSSR count). The monoisotopic (exact) mass is 295 g/mol. The van der Waals surface area contributed by atoms with Crippen molar-refractivity contribution in [3.8, 4) is 0 Å². The summed E-state index contributed by atoms with van der Waals surface area (Å²) in [6.45, 7) is 12.6. The number of fused-ring (bicyclic) bond motifs is 1. The van der Waals surface area contributed by atoms with Crippen molar-refractivity contribution in [3.05, 3.63) is 0 Å². The molecule has 0 radical (unpaired) electrons. The lowest BCUT2D eigenvalue weighted by atomic mass is 9.74. The fourth-order valence-corrected chi connectivity index (χ4v) is 3.86. The summed E-state index contributed by atoms with van der Waals surface area (Å²) in [7, 11) is 0. The van der Waals surface area contributed by atoms with Crippen molar-refractivity contribution in [1.82, 2.24) is 16.0 Å². The Morgan fingerprint density at radius 1 is 1.19 bits per heavy atom. The first-order chi connectivity index (χ1) is 9.78. The van der Waals surface area contributed by atoms with Crippen molar-refractivity contribution in [2.24, 2.45) is 17.8 Å². The summed E-state index contributed by atoms with van der Waals surface area (Å²) in [5.41, 5.74) is 0.115. The zero-order chi connectivity index (χ0) is 15.6. The molecule has 1 saturated heterocycles. The van der Waals surface area contributed by atoms with E-state index in [1.165, 1.54) is 0 Å². The second kappa shape index (κ2) is 6.66. The molecule has 2 fully saturated rings. The van der Waals surface area contributed by atoms with Gasteiger partial charge in [-0.1, -0.05) is 6.92 Å². The molecule has 1 aliphatic carbocycles. The van der Waals surface area contributed by atoms with Crippen LogP contribution in [0.15, 0.2) is 0 Å². The minimum absolute atomic E-state index is 0.115. The van der Waals surface area contributed by atoms with Crippen LogP contribution in [0.1, 0.15) is 53.9 Å². The molecule has 3 N–H and O–H groups in total. The SMILES string of the molecule is CC1NC2CCC(C(=O)NCCNC(C)(C)C)CC2C1C. The highest BCUT2D eigenvalue weighted by Gasteiger charge is 2.43. The van der Waals surface area contributed by atoms with Crippen molar-refractivity contribution in [2.75, 3.05) is 13.1 Å². The fourth-order valence-electron chi connectivity index (χ4n) is 3.86. The normalized spacial score (nSPS) is 36.3. The Hall–Kier alpha value is -0.610. The molecule has 2 aliphatic rings. The summed E-state index contributed by atoms with van der Waals surface area (Å²) in [4.78, 5) is 12.3. The first-order valence-electron chi connectivity index (χ1n) is 8.56. The van der Waals surface area contributed by atoms with E-state index < -0.39 is 0 Å². The molecule has 1 aliphatic heterocycles. The number of amides is 1. The fraction of sp³-hybridized carbons (Fsp3) is 0.941. The third kappa shape index (κ3) is 4.43. The molecule has 5 atom stereocenters. The van der Waals surface area contributed by atoms with Gasteiger partial charge in [0.2, 0.25) is 5.91 Å². The zero-order valence-electron chi connectivity index (χ0n) is 14.3. The van der Waals surface area contributed by atoms with Crippen LogP contribution in [-0.4, -0.2) is 36.6 Å². The van der Waals surface area contributed by atoms with Gasteiger partial charge in [-0.15, -0.1) is 0 Å². The molecular weight excluding hydrogens is 262 g/mol. The van der Waals surface area contributed by atoms with Crippen molar-refractivity contribution < 1.29 is 4.79 Å². The summed E-state index contributed by atoms with van der Waals surface area (Å²) in [5.74, 6) is 1.84. The molecule has 0 spiro atoms. The average Bonchev–Trinajstić information content (AvgIpc) is 2.69. The standard InChI is InChI=1S/C17H33N3O/c1-11-12(2)20-15-7-6-13(10-14(11)15)16(21)18-8-9-19-17(3,4)5/h11-15,19-20H,6-10H2,1-5H3,(H,18,21). The van der Waals surface area contributed by atoms with Crippen LogP contribution in [-0.2, 0) is 4.79 Å². The molecule has 1 amide bonds. The van der Waals surface area contributed by atoms with Crippen LogP contribution >= 0.6 is 0 Å². The van der Waals surface area contributed by atoms with Crippen molar-refractivity contribution in [2.45, 2.75) is 71.5 Å². The van der Waals surface area contributed by atoms with Crippen molar-refractivity contribution in [3.63, 3.8) is 0 Å². The van der Waals surface area contributed by atoms with Crippen LogP contribution in [0.5, 0.6) is 0 Å². The molecule has 0 aromatic heterocycles. The number of nitrogens with one attached hydrogen (secondary N) is 3. The quantitative estimate of drug-likeness (QED) is 0.694. The summed E-state index contributed by atoms with van der Waals surface area (Å²) < 4.78 is 0. The lowest BCUT2D eigenvalue weighted by Crippen LogP contribution is -2.44. The van der Waals surface area contributed by atoms with E-state index in [2.05, 4.69) is 50.6 Å². The van der Waals surface area contributed by atoms with Gasteiger partial charge < -0.3 is 16.0 Å². The minimum atomic E-state index is 0.115. The number of carbonyl (C=O) groups is 1. The molecule has 21 heavy (non-hydrogen) atoms. The topological polar surface area (TPSA) is 53.2 Å². The largest absolute Gasteiger partial charge is 0.355 e. The molecule has 5 unspecified atom stereocenters. The Kier molecular flexibility index (Phi) is 5.31. The van der Waals surface area contributed by atoms with E-state index in [-0.39, 0.29) is 17.4 Å². The van der Waals surface area contributed by atoms with Crippen molar-refractivity contribution >= 4 is 5.91 Å². The third-order valence-electron chi connectivity index (χ3n) is 5.29. The maximum Gasteiger partial charge on any atom is 0.223 e. The Morgan fingerprint density at radius 3 is 2.57 bits per heavy atom. The molecule has 122 valence electrons. The third-order valence-corrected chi connectivity index (χ3v) is 5.29. The van der Waals surface area contributed by atoms with Gasteiger partial charge >= 0.3 is 0 Å². The summed E-state index contributed by atoms with van der Waals surface area (Å²) in [6.07, 6.45) is 3.24. The summed E-state index contributed by atoms with van der Waals surface area (Å²) >= 11 is 0. The maximum atomic E-state index is 12.3. The van der Waals surface area contributed by atoms with Crippen LogP contribution in [0.3, 0.4) is 0 Å². The van der Waals surface area contributed by atoms with E-state index in [9.17, 15) is 4.79 Å². The van der Waals surface area contributed by atoms with Gasteiger partial charge in [-0.05, 0) is 58.8 Å². The Morgan fingerprint density at radius 2 is 1.90 bits per heavy atom. The smallest absolute Gasteiger partial charge is 0.223 e. The molecule has 4 heteroatoms. The first kappa shape index (κ1) is 16.8. The van der Waals surface area contributed by atoms with Gasteiger partial charge in [0.1, 0.15) is 0 Å². The Bertz CT molecular complexity index is 364. The van der Waals surface area contributed by atoms with E-state index in [1.54, 1.807) is 0 Å². The van der Waals surface area contributed by atoms with Crippen LogP contribution in [0, 0.1) is 17.8 Å². The number of hydrogen-bond acceptors (Lipinski definition) is 3. The van der Waals surface area contributed by atoms with E-state index >= 15 is 0 Å². The number of hydrogen-bond donors (Lipinski definition) is 3. The van der Waals surface area contributed by atoms with Crippen LogP contribution in [0.25, 0.3) is 0 Å². The molecule has 4 nitrogen and oxygen atoms in total. The second-order valence-electron chi connectivity index (χ2n) is 8.06. The van der Waals surface area contributed by atoms with Gasteiger partial charge in [-0.25, -0.2) is 0 Å². The van der Waals surface area contributed by atoms with Gasteiger partial charge in [-0.3, -0.25) is 4.79 Å². The molecule has 1 saturated carbocycles. The molecule has 1 heterocycles. The predicted octanol–water partition coefficient (Wildman–Crippen LogP) is 1.90. The van der Waals surface area contributed by atoms with E-state index in [1.807, 2.05) is 0 Å². The Balaban J connectivity index is 1.74. The minimum Gasteiger partial charge on any atom is -0.355 e. The van der Waals surface area contributed by atoms with E-state index in [4.69, 9.17) is 0 Å². The molecule has 0 aromatic carbocycles. The number of rotatable bonds is 4. The zero-order valence-corrected chi connectivity index (χ0v) is 14.3. The molecule has 0 bridgehead atoms. The van der Waals surface area contributed by atoms with Crippen LogP contribution in [0.4, 0.5) is 0 Å². The first-order valence-corrected chi connectivity index (χ1v) is 8.56. The Labute approximate surface area is 129 Å². The van der Waals surface area contributed by atoms with Gasteiger partial charge in [0, 0.05) is 36.6 Å². The van der Waals surface area contributed by atoms with Gasteiger partial charge in [0.15, 0.2) is 0 Å². The average molecular weight is 295 g/mol. The molecular formula is C17H33N3O. The van der Waals surface area contributed by atoms with Gasteiger partial charge in [-0.2, -0.15) is 0 Å². The predicted molar refractivity (Wildman–Crippen MR) is 87.1 cm³/mol. The number of carbonyl (C=O) groups excluding carboxylic acids is 1. The van der Waals surface area contributed by atoms with Crippen LogP contribution < -0.4 is 16.0 Å². The highest BCUT2D eigenvalue weighted by Crippen LogP contribution is 2.39. The highest BCUT2D eigenvalue weighted by atomic mass is 16.1. The maximum absolute atomic E-state index is 12.3.